The Hall–Kier alpha value is -3.27. The van der Waals surface area contributed by atoms with Crippen molar-refractivity contribution in [2.24, 2.45) is 0 Å². The van der Waals surface area contributed by atoms with Crippen LogP contribution in [-0.4, -0.2) is 42.3 Å². The maximum Gasteiger partial charge on any atom is 0.249 e. The highest BCUT2D eigenvalue weighted by Gasteiger charge is 2.23. The number of rotatable bonds is 7. The van der Waals surface area contributed by atoms with Gasteiger partial charge in [-0.15, -0.1) is 0 Å². The first kappa shape index (κ1) is 20.5. The number of sulfonamides is 1. The molecule has 0 bridgehead atoms. The first-order valence-corrected chi connectivity index (χ1v) is 10.7. The van der Waals surface area contributed by atoms with Gasteiger partial charge in [0.05, 0.1) is 11.9 Å². The molecule has 0 saturated carbocycles. The van der Waals surface area contributed by atoms with Crippen molar-refractivity contribution in [3.63, 3.8) is 0 Å². The van der Waals surface area contributed by atoms with Gasteiger partial charge in [-0.05, 0) is 38.1 Å². The van der Waals surface area contributed by atoms with E-state index in [2.05, 4.69) is 20.4 Å². The summed E-state index contributed by atoms with van der Waals surface area (Å²) in [5.41, 5.74) is 2.14. The van der Waals surface area contributed by atoms with Gasteiger partial charge in [-0.25, -0.2) is 8.42 Å². The number of pyridine rings is 1. The van der Waals surface area contributed by atoms with Gasteiger partial charge in [0.15, 0.2) is 0 Å². The first-order valence-electron chi connectivity index (χ1n) is 8.82. The van der Waals surface area contributed by atoms with Crippen molar-refractivity contribution in [3.8, 4) is 11.4 Å². The third kappa shape index (κ3) is 5.17. The molecule has 0 spiro atoms. The van der Waals surface area contributed by atoms with Crippen LogP contribution in [0, 0.1) is 6.92 Å². The van der Waals surface area contributed by atoms with Crippen LogP contribution in [0.3, 0.4) is 0 Å². The lowest BCUT2D eigenvalue weighted by atomic mass is 10.2. The van der Waals surface area contributed by atoms with Crippen LogP contribution in [0.4, 0.5) is 5.69 Å². The van der Waals surface area contributed by atoms with E-state index in [4.69, 9.17) is 4.52 Å². The van der Waals surface area contributed by atoms with Gasteiger partial charge in [0, 0.05) is 18.0 Å². The minimum atomic E-state index is -3.64. The molecule has 3 rings (SSSR count). The lowest BCUT2D eigenvalue weighted by molar-refractivity contribution is -0.120. The zero-order valence-electron chi connectivity index (χ0n) is 16.2. The van der Waals surface area contributed by atoms with Gasteiger partial charge in [-0.3, -0.25) is 14.1 Å². The van der Waals surface area contributed by atoms with Crippen LogP contribution in [0.1, 0.15) is 24.4 Å². The van der Waals surface area contributed by atoms with Crippen molar-refractivity contribution in [2.75, 3.05) is 17.1 Å². The molecule has 9 nitrogen and oxygen atoms in total. The summed E-state index contributed by atoms with van der Waals surface area (Å²) >= 11 is 0. The zero-order valence-corrected chi connectivity index (χ0v) is 17.0. The number of aromatic nitrogens is 3. The topological polar surface area (TPSA) is 118 Å². The predicted octanol–water partition coefficient (Wildman–Crippen LogP) is 2.08. The highest BCUT2D eigenvalue weighted by molar-refractivity contribution is 7.92. The smallest absolute Gasteiger partial charge is 0.249 e. The van der Waals surface area contributed by atoms with E-state index < -0.39 is 22.0 Å². The Balaban J connectivity index is 1.70. The molecule has 29 heavy (non-hydrogen) atoms. The van der Waals surface area contributed by atoms with Crippen molar-refractivity contribution in [3.05, 3.63) is 60.2 Å². The van der Waals surface area contributed by atoms with E-state index in [1.165, 1.54) is 0 Å². The molecule has 0 aliphatic carbocycles. The van der Waals surface area contributed by atoms with Crippen molar-refractivity contribution in [1.29, 1.82) is 0 Å². The number of anilines is 1. The summed E-state index contributed by atoms with van der Waals surface area (Å²) in [5.74, 6) is 0.0967. The van der Waals surface area contributed by atoms with Crippen molar-refractivity contribution >= 4 is 21.6 Å². The fourth-order valence-electron chi connectivity index (χ4n) is 2.62. The fourth-order valence-corrected chi connectivity index (χ4v) is 3.48. The summed E-state index contributed by atoms with van der Waals surface area (Å²) in [4.78, 5) is 20.7. The average Bonchev–Trinajstić information content (AvgIpc) is 3.17. The molecule has 10 heteroatoms. The molecule has 1 aromatic carbocycles. The van der Waals surface area contributed by atoms with Gasteiger partial charge in [-0.2, -0.15) is 4.98 Å². The summed E-state index contributed by atoms with van der Waals surface area (Å²) < 4.78 is 30.6. The molecule has 0 fully saturated rings. The van der Waals surface area contributed by atoms with Crippen molar-refractivity contribution in [1.82, 2.24) is 20.4 Å². The predicted molar refractivity (Wildman–Crippen MR) is 107 cm³/mol. The number of amides is 1. The standard InChI is InChI=1S/C19H21N5O4S/c1-13-4-6-16(7-5-13)24(29(3,26)27)12-17(25)21-14(2)19-22-18(23-28-19)15-8-10-20-11-9-15/h4-11,14H,12H2,1-3H3,(H,21,25)/t14-/m0/s1. The highest BCUT2D eigenvalue weighted by atomic mass is 32.2. The molecule has 1 atom stereocenters. The summed E-state index contributed by atoms with van der Waals surface area (Å²) in [6.45, 7) is 3.21. The maximum atomic E-state index is 12.5. The molecule has 0 aliphatic heterocycles. The van der Waals surface area contributed by atoms with E-state index >= 15 is 0 Å². The van der Waals surface area contributed by atoms with E-state index in [1.807, 2.05) is 6.92 Å². The van der Waals surface area contributed by atoms with Gasteiger partial charge >= 0.3 is 0 Å². The number of aryl methyl sites for hydroxylation is 1. The molecular weight excluding hydrogens is 394 g/mol. The number of benzene rings is 1. The monoisotopic (exact) mass is 415 g/mol. The lowest BCUT2D eigenvalue weighted by Gasteiger charge is -2.22. The molecule has 1 N–H and O–H groups in total. The van der Waals surface area contributed by atoms with Crippen molar-refractivity contribution in [2.45, 2.75) is 19.9 Å². The van der Waals surface area contributed by atoms with Gasteiger partial charge in [-0.1, -0.05) is 22.9 Å². The molecule has 1 amide bonds. The second kappa shape index (κ2) is 8.39. The van der Waals surface area contributed by atoms with Crippen molar-refractivity contribution < 1.29 is 17.7 Å². The van der Waals surface area contributed by atoms with Gasteiger partial charge in [0.2, 0.25) is 27.6 Å². The van der Waals surface area contributed by atoms with Gasteiger partial charge < -0.3 is 9.84 Å². The Morgan fingerprint density at radius 1 is 1.17 bits per heavy atom. The number of hydrogen-bond donors (Lipinski definition) is 1. The van der Waals surface area contributed by atoms with Crippen LogP contribution in [-0.2, 0) is 14.8 Å². The molecule has 0 saturated heterocycles. The molecule has 3 aromatic rings. The van der Waals surface area contributed by atoms with Gasteiger partial charge in [0.1, 0.15) is 12.6 Å². The molecular formula is C19H21N5O4S. The summed E-state index contributed by atoms with van der Waals surface area (Å²) in [6.07, 6.45) is 4.28. The largest absolute Gasteiger partial charge is 0.343 e. The van der Waals surface area contributed by atoms with Crippen LogP contribution < -0.4 is 9.62 Å². The normalized spacial score (nSPS) is 12.4. The Labute approximate surface area is 168 Å². The summed E-state index contributed by atoms with van der Waals surface area (Å²) in [7, 11) is -3.64. The maximum absolute atomic E-state index is 12.5. The quantitative estimate of drug-likeness (QED) is 0.627. The number of carbonyl (C=O) groups is 1. The average molecular weight is 415 g/mol. The third-order valence-corrected chi connectivity index (χ3v) is 5.28. The van der Waals surface area contributed by atoms with E-state index in [-0.39, 0.29) is 12.4 Å². The highest BCUT2D eigenvalue weighted by Crippen LogP contribution is 2.20. The minimum absolute atomic E-state index is 0.214. The van der Waals surface area contributed by atoms with Gasteiger partial charge in [0.25, 0.3) is 0 Å². The summed E-state index contributed by atoms with van der Waals surface area (Å²) in [5, 5.41) is 6.59. The number of carbonyl (C=O) groups excluding carboxylic acids is 1. The lowest BCUT2D eigenvalue weighted by Crippen LogP contribution is -2.41. The molecule has 0 aliphatic rings. The number of nitrogens with one attached hydrogen (secondary N) is 1. The third-order valence-electron chi connectivity index (χ3n) is 4.14. The zero-order chi connectivity index (χ0) is 21.0. The SMILES string of the molecule is Cc1ccc(N(CC(=O)N[C@@H](C)c2nc(-c3ccncc3)no2)S(C)(=O)=O)cc1. The Bertz CT molecular complexity index is 1080. The number of nitrogens with zero attached hydrogens (tertiary/aromatic N) is 4. The summed E-state index contributed by atoms with van der Waals surface area (Å²) in [6, 6.07) is 9.77. The molecule has 0 unspecified atom stereocenters. The second-order valence-electron chi connectivity index (χ2n) is 6.59. The minimum Gasteiger partial charge on any atom is -0.343 e. The van der Waals surface area contributed by atoms with E-state index in [9.17, 15) is 13.2 Å². The molecule has 2 heterocycles. The molecule has 152 valence electrons. The first-order chi connectivity index (χ1) is 13.7. The second-order valence-corrected chi connectivity index (χ2v) is 8.49. The van der Waals surface area contributed by atoms with E-state index in [1.54, 1.807) is 55.7 Å². The number of hydrogen-bond acceptors (Lipinski definition) is 7. The fraction of sp³-hybridized carbons (Fsp3) is 0.263. The van der Waals surface area contributed by atoms with E-state index in [0.717, 1.165) is 21.7 Å². The molecule has 2 aromatic heterocycles. The van der Waals surface area contributed by atoms with Crippen LogP contribution in [0.5, 0.6) is 0 Å². The molecule has 0 radical (unpaired) electrons. The van der Waals surface area contributed by atoms with Crippen LogP contribution in [0.25, 0.3) is 11.4 Å². The van der Waals surface area contributed by atoms with E-state index in [0.29, 0.717) is 11.5 Å². The van der Waals surface area contributed by atoms with Crippen LogP contribution in [0.2, 0.25) is 0 Å². The Kier molecular flexibility index (Phi) is 5.92. The Morgan fingerprint density at radius 2 is 1.83 bits per heavy atom. The van der Waals surface area contributed by atoms with Crippen LogP contribution in [0.15, 0.2) is 53.3 Å². The Morgan fingerprint density at radius 3 is 2.45 bits per heavy atom. The van der Waals surface area contributed by atoms with Crippen LogP contribution >= 0.6 is 0 Å².